The van der Waals surface area contributed by atoms with E-state index in [1.807, 2.05) is 6.07 Å². The highest BCUT2D eigenvalue weighted by Gasteiger charge is 2.26. The number of nitrogens with zero attached hydrogens (tertiary/aromatic N) is 4. The number of thiophene rings is 1. The van der Waals surface area contributed by atoms with Gasteiger partial charge in [0.1, 0.15) is 4.21 Å². The molecule has 0 aliphatic carbocycles. The Morgan fingerprint density at radius 3 is 2.83 bits per heavy atom. The maximum Gasteiger partial charge on any atom is 0.316 e. The molecule has 4 rings (SSSR count). The van der Waals surface area contributed by atoms with Gasteiger partial charge in [-0.05, 0) is 37.1 Å². The predicted octanol–water partition coefficient (Wildman–Crippen LogP) is 2.71. The Bertz CT molecular complexity index is 1200. The number of nitrogens with one attached hydrogen (secondary N) is 1. The van der Waals surface area contributed by atoms with Crippen LogP contribution in [-0.2, 0) is 10.0 Å². The number of carbonyl (C=O) groups excluding carboxylic acids is 1. The average molecular weight is 429 g/mol. The Kier molecular flexibility index (Phi) is 5.04. The number of hydrogen-bond acceptors (Lipinski definition) is 8. The van der Waals surface area contributed by atoms with Gasteiger partial charge in [-0.15, -0.1) is 11.3 Å². The van der Waals surface area contributed by atoms with E-state index in [1.54, 1.807) is 28.5 Å². The van der Waals surface area contributed by atoms with Gasteiger partial charge in [-0.25, -0.2) is 8.42 Å². The average Bonchev–Trinajstić information content (AvgIpc) is 3.48. The van der Waals surface area contributed by atoms with E-state index in [0.717, 1.165) is 24.2 Å². The molecule has 29 heavy (non-hydrogen) atoms. The zero-order valence-electron chi connectivity index (χ0n) is 15.0. The van der Waals surface area contributed by atoms with Gasteiger partial charge in [-0.1, -0.05) is 11.2 Å². The highest BCUT2D eigenvalue weighted by Crippen LogP contribution is 2.28. The van der Waals surface area contributed by atoms with E-state index in [4.69, 9.17) is 9.78 Å². The maximum atomic E-state index is 12.6. The first-order valence-electron chi connectivity index (χ1n) is 8.71. The second-order valence-electron chi connectivity index (χ2n) is 6.37. The third-order valence-electron chi connectivity index (χ3n) is 4.34. The van der Waals surface area contributed by atoms with Crippen LogP contribution in [0.25, 0.3) is 11.4 Å². The number of sulfonamides is 1. The first-order chi connectivity index (χ1) is 14.0. The Morgan fingerprint density at radius 1 is 1.28 bits per heavy atom. The monoisotopic (exact) mass is 429 g/mol. The second kappa shape index (κ2) is 7.65. The number of rotatable bonds is 5. The minimum absolute atomic E-state index is 0.0482. The van der Waals surface area contributed by atoms with Gasteiger partial charge in [-0.2, -0.15) is 10.2 Å². The molecule has 1 fully saturated rings. The van der Waals surface area contributed by atoms with Crippen LogP contribution < -0.4 is 4.72 Å². The Balaban J connectivity index is 1.53. The molecule has 1 aromatic carbocycles. The van der Waals surface area contributed by atoms with Crippen molar-refractivity contribution in [2.75, 3.05) is 17.8 Å². The highest BCUT2D eigenvalue weighted by atomic mass is 32.2. The summed E-state index contributed by atoms with van der Waals surface area (Å²) in [5.74, 6) is -0.274. The number of amides is 1. The van der Waals surface area contributed by atoms with Crippen molar-refractivity contribution >= 4 is 33.0 Å². The van der Waals surface area contributed by atoms with Crippen molar-refractivity contribution in [3.63, 3.8) is 0 Å². The van der Waals surface area contributed by atoms with E-state index in [-0.39, 0.29) is 27.5 Å². The first kappa shape index (κ1) is 19.1. The van der Waals surface area contributed by atoms with Crippen molar-refractivity contribution < 1.29 is 17.7 Å². The summed E-state index contributed by atoms with van der Waals surface area (Å²) in [4.78, 5) is 18.1. The van der Waals surface area contributed by atoms with Crippen LogP contribution in [0.3, 0.4) is 0 Å². The van der Waals surface area contributed by atoms with Crippen LogP contribution in [0.15, 0.2) is 44.4 Å². The second-order valence-corrected chi connectivity index (χ2v) is 9.20. The fraction of sp³-hybridized carbons (Fsp3) is 0.222. The molecule has 3 heterocycles. The molecule has 148 valence electrons. The molecule has 9 nitrogen and oxygen atoms in total. The lowest BCUT2D eigenvalue weighted by atomic mass is 10.2. The van der Waals surface area contributed by atoms with Crippen LogP contribution in [0.4, 0.5) is 5.69 Å². The normalized spacial score (nSPS) is 14.0. The molecular weight excluding hydrogens is 414 g/mol. The highest BCUT2D eigenvalue weighted by molar-refractivity contribution is 7.94. The fourth-order valence-corrected chi connectivity index (χ4v) is 5.12. The number of aromatic nitrogens is 2. The first-order valence-corrected chi connectivity index (χ1v) is 11.1. The SMILES string of the molecule is N#Cc1cccc(NS(=O)(=O)c2cc(-c3noc(C(=O)N4CCCC4)n3)cs2)c1. The van der Waals surface area contributed by atoms with E-state index >= 15 is 0 Å². The molecule has 11 heteroatoms. The smallest absolute Gasteiger partial charge is 0.316 e. The summed E-state index contributed by atoms with van der Waals surface area (Å²) < 4.78 is 32.8. The number of likely N-dealkylation sites (tertiary alicyclic amines) is 1. The van der Waals surface area contributed by atoms with E-state index in [2.05, 4.69) is 14.9 Å². The largest absolute Gasteiger partial charge is 0.334 e. The summed E-state index contributed by atoms with van der Waals surface area (Å²) in [6.07, 6.45) is 1.89. The molecule has 1 saturated heterocycles. The summed E-state index contributed by atoms with van der Waals surface area (Å²) >= 11 is 0.991. The van der Waals surface area contributed by atoms with Gasteiger partial charge in [0.15, 0.2) is 0 Å². The number of benzene rings is 1. The van der Waals surface area contributed by atoms with Gasteiger partial charge in [-0.3, -0.25) is 9.52 Å². The number of anilines is 1. The topological polar surface area (TPSA) is 129 Å². The van der Waals surface area contributed by atoms with Gasteiger partial charge in [0, 0.05) is 24.0 Å². The standard InChI is InChI=1S/C18H15N5O4S2/c19-10-12-4-3-5-14(8-12)22-29(25,26)15-9-13(11-28-15)16-20-17(27-21-16)18(24)23-6-1-2-7-23/h3-5,8-9,11,22H,1-2,6-7H2. The fourth-order valence-electron chi connectivity index (χ4n) is 2.92. The summed E-state index contributed by atoms with van der Waals surface area (Å²) in [6, 6.07) is 9.55. The lowest BCUT2D eigenvalue weighted by Crippen LogP contribution is -2.27. The van der Waals surface area contributed by atoms with Crippen LogP contribution in [0.2, 0.25) is 0 Å². The summed E-state index contributed by atoms with van der Waals surface area (Å²) in [5.41, 5.74) is 1.07. The number of hydrogen-bond donors (Lipinski definition) is 1. The molecule has 1 aliphatic heterocycles. The molecule has 0 atom stereocenters. The zero-order valence-corrected chi connectivity index (χ0v) is 16.7. The van der Waals surface area contributed by atoms with Crippen molar-refractivity contribution in [2.45, 2.75) is 17.1 Å². The summed E-state index contributed by atoms with van der Waals surface area (Å²) in [6.45, 7) is 1.33. The Hall–Kier alpha value is -3.23. The van der Waals surface area contributed by atoms with Crippen LogP contribution in [-0.4, -0.2) is 42.5 Å². The minimum atomic E-state index is -3.85. The molecule has 0 bridgehead atoms. The lowest BCUT2D eigenvalue weighted by Gasteiger charge is -2.10. The van der Waals surface area contributed by atoms with Crippen LogP contribution in [0.1, 0.15) is 29.1 Å². The van der Waals surface area contributed by atoms with Crippen molar-refractivity contribution in [3.05, 3.63) is 47.2 Å². The lowest BCUT2D eigenvalue weighted by molar-refractivity contribution is 0.0743. The van der Waals surface area contributed by atoms with Crippen molar-refractivity contribution in [1.29, 1.82) is 5.26 Å². The molecule has 0 unspecified atom stereocenters. The zero-order chi connectivity index (χ0) is 20.4. The van der Waals surface area contributed by atoms with Gasteiger partial charge >= 0.3 is 11.8 Å². The third kappa shape index (κ3) is 3.98. The molecule has 0 spiro atoms. The Labute approximate surface area is 170 Å². The summed E-state index contributed by atoms with van der Waals surface area (Å²) in [7, 11) is -3.85. The maximum absolute atomic E-state index is 12.6. The van der Waals surface area contributed by atoms with E-state index in [9.17, 15) is 13.2 Å². The molecular formula is C18H15N5O4S2. The van der Waals surface area contributed by atoms with Crippen molar-refractivity contribution in [2.24, 2.45) is 0 Å². The molecule has 2 aromatic heterocycles. The number of carbonyl (C=O) groups is 1. The van der Waals surface area contributed by atoms with E-state index in [1.165, 1.54) is 12.1 Å². The van der Waals surface area contributed by atoms with Gasteiger partial charge in [0.05, 0.1) is 17.3 Å². The van der Waals surface area contributed by atoms with E-state index in [0.29, 0.717) is 24.2 Å². The molecule has 1 aliphatic rings. The molecule has 3 aromatic rings. The predicted molar refractivity (Wildman–Crippen MR) is 105 cm³/mol. The molecule has 0 saturated carbocycles. The Morgan fingerprint density at radius 2 is 2.07 bits per heavy atom. The summed E-state index contributed by atoms with van der Waals surface area (Å²) in [5, 5.41) is 14.3. The molecule has 0 radical (unpaired) electrons. The van der Waals surface area contributed by atoms with Gasteiger partial charge in [0.2, 0.25) is 5.82 Å². The van der Waals surface area contributed by atoms with E-state index < -0.39 is 10.0 Å². The van der Waals surface area contributed by atoms with Crippen LogP contribution in [0.5, 0.6) is 0 Å². The number of nitriles is 1. The van der Waals surface area contributed by atoms with Crippen LogP contribution in [0, 0.1) is 11.3 Å². The van der Waals surface area contributed by atoms with Crippen LogP contribution >= 0.6 is 11.3 Å². The quantitative estimate of drug-likeness (QED) is 0.660. The molecule has 1 N–H and O–H groups in total. The van der Waals surface area contributed by atoms with Gasteiger partial charge in [0.25, 0.3) is 10.0 Å². The van der Waals surface area contributed by atoms with Crippen molar-refractivity contribution in [1.82, 2.24) is 15.0 Å². The minimum Gasteiger partial charge on any atom is -0.334 e. The molecule has 1 amide bonds. The third-order valence-corrected chi connectivity index (χ3v) is 7.17. The van der Waals surface area contributed by atoms with Crippen molar-refractivity contribution in [3.8, 4) is 17.5 Å². The van der Waals surface area contributed by atoms with Gasteiger partial charge < -0.3 is 9.42 Å².